The second-order valence-electron chi connectivity index (χ2n) is 7.31. The van der Waals surface area contributed by atoms with Gasteiger partial charge in [0.15, 0.2) is 24.0 Å². The standard InChI is InChI=1S/C18H23F2N3/c1-3-5-12(6-4-2)14-7-13(19)17-21-16(22-23(14)17)15(20)18-8-11(9-18)10-18/h3,5-6,11,13-15H,4,7-10H2,1-2H3/b5-3-,12-6+/t11?,13-,14-,15+,18?/m0/s1. The molecule has 0 unspecified atom stereocenters. The van der Waals surface area contributed by atoms with E-state index in [2.05, 4.69) is 23.1 Å². The minimum absolute atomic E-state index is 0.169. The van der Waals surface area contributed by atoms with Crippen LogP contribution < -0.4 is 0 Å². The molecule has 1 aliphatic heterocycles. The zero-order valence-corrected chi connectivity index (χ0v) is 13.7. The van der Waals surface area contributed by atoms with E-state index in [1.807, 2.05) is 19.1 Å². The Morgan fingerprint density at radius 1 is 1.43 bits per heavy atom. The monoisotopic (exact) mass is 319 g/mol. The molecule has 4 aliphatic rings. The fourth-order valence-electron chi connectivity index (χ4n) is 4.45. The highest BCUT2D eigenvalue weighted by molar-refractivity contribution is 5.27. The maximum Gasteiger partial charge on any atom is 0.185 e. The van der Waals surface area contributed by atoms with Crippen LogP contribution in [-0.4, -0.2) is 14.8 Å². The Hall–Kier alpha value is -1.52. The number of nitrogens with zero attached hydrogens (tertiary/aromatic N) is 3. The third-order valence-electron chi connectivity index (χ3n) is 5.71. The zero-order chi connectivity index (χ0) is 16.2. The summed E-state index contributed by atoms with van der Waals surface area (Å²) in [7, 11) is 0. The Morgan fingerprint density at radius 2 is 2.17 bits per heavy atom. The maximum atomic E-state index is 14.8. The number of fused-ring (bicyclic) bond motifs is 1. The van der Waals surface area contributed by atoms with Gasteiger partial charge in [-0.25, -0.2) is 18.4 Å². The summed E-state index contributed by atoms with van der Waals surface area (Å²) in [5.74, 6) is 1.20. The number of rotatable bonds is 5. The summed E-state index contributed by atoms with van der Waals surface area (Å²) in [6.45, 7) is 4.00. The molecule has 0 radical (unpaired) electrons. The predicted octanol–water partition coefficient (Wildman–Crippen LogP) is 4.96. The van der Waals surface area contributed by atoms with Gasteiger partial charge in [-0.1, -0.05) is 25.2 Å². The molecule has 0 spiro atoms. The van der Waals surface area contributed by atoms with Crippen LogP contribution in [0.5, 0.6) is 0 Å². The third kappa shape index (κ3) is 2.12. The first-order chi connectivity index (χ1) is 11.1. The molecule has 1 aromatic rings. The molecule has 0 saturated heterocycles. The van der Waals surface area contributed by atoms with E-state index < -0.39 is 12.3 Å². The lowest BCUT2D eigenvalue weighted by Gasteiger charge is -2.62. The van der Waals surface area contributed by atoms with Crippen molar-refractivity contribution in [2.24, 2.45) is 11.3 Å². The van der Waals surface area contributed by atoms with Gasteiger partial charge >= 0.3 is 0 Å². The molecule has 23 heavy (non-hydrogen) atoms. The Balaban J connectivity index is 1.65. The van der Waals surface area contributed by atoms with Crippen molar-refractivity contribution >= 4 is 0 Å². The molecule has 0 N–H and O–H groups in total. The number of aromatic nitrogens is 3. The Kier molecular flexibility index (Phi) is 3.43. The average Bonchev–Trinajstić information content (AvgIpc) is 2.96. The van der Waals surface area contributed by atoms with Crippen molar-refractivity contribution in [2.75, 3.05) is 0 Å². The molecule has 3 nitrogen and oxygen atoms in total. The molecule has 0 aromatic carbocycles. The number of hydrogen-bond donors (Lipinski definition) is 0. The lowest BCUT2D eigenvalue weighted by Crippen LogP contribution is -2.54. The Labute approximate surface area is 135 Å². The van der Waals surface area contributed by atoms with Gasteiger partial charge in [0.2, 0.25) is 0 Å². The smallest absolute Gasteiger partial charge is 0.185 e. The van der Waals surface area contributed by atoms with Crippen molar-refractivity contribution in [2.45, 2.75) is 64.3 Å². The quantitative estimate of drug-likeness (QED) is 0.718. The van der Waals surface area contributed by atoms with Gasteiger partial charge in [0.05, 0.1) is 6.04 Å². The highest BCUT2D eigenvalue weighted by atomic mass is 19.1. The summed E-state index contributed by atoms with van der Waals surface area (Å²) in [4.78, 5) is 4.25. The van der Waals surface area contributed by atoms with Gasteiger partial charge in [-0.3, -0.25) is 0 Å². The summed E-state index contributed by atoms with van der Waals surface area (Å²) in [6, 6.07) is -0.169. The number of alkyl halides is 2. The normalized spacial score (nSPS) is 36.7. The second-order valence-corrected chi connectivity index (χ2v) is 7.31. The highest BCUT2D eigenvalue weighted by Gasteiger charge is 2.62. The van der Waals surface area contributed by atoms with Crippen LogP contribution in [0.1, 0.15) is 76.0 Å². The van der Waals surface area contributed by atoms with Crippen LogP contribution in [0.4, 0.5) is 8.78 Å². The molecular weight excluding hydrogens is 296 g/mol. The van der Waals surface area contributed by atoms with Gasteiger partial charge in [0.1, 0.15) is 0 Å². The first kappa shape index (κ1) is 15.0. The number of allylic oxidation sites excluding steroid dienone is 4. The van der Waals surface area contributed by atoms with E-state index in [0.717, 1.165) is 31.3 Å². The van der Waals surface area contributed by atoms with Gasteiger partial charge in [-0.05, 0) is 44.1 Å². The van der Waals surface area contributed by atoms with Crippen molar-refractivity contribution in [1.29, 1.82) is 0 Å². The van der Waals surface area contributed by atoms with E-state index in [4.69, 9.17) is 0 Å². The van der Waals surface area contributed by atoms with E-state index in [1.54, 1.807) is 4.68 Å². The fraction of sp³-hybridized carbons (Fsp3) is 0.667. The van der Waals surface area contributed by atoms with Crippen molar-refractivity contribution in [3.8, 4) is 0 Å². The molecule has 124 valence electrons. The van der Waals surface area contributed by atoms with Crippen LogP contribution in [0, 0.1) is 11.3 Å². The molecule has 2 heterocycles. The van der Waals surface area contributed by atoms with E-state index in [9.17, 15) is 8.78 Å². The van der Waals surface area contributed by atoms with Gasteiger partial charge in [0.25, 0.3) is 0 Å². The van der Waals surface area contributed by atoms with Gasteiger partial charge in [0, 0.05) is 11.8 Å². The lowest BCUT2D eigenvalue weighted by atomic mass is 9.42. The second kappa shape index (κ2) is 5.25. The van der Waals surface area contributed by atoms with E-state index in [1.165, 1.54) is 0 Å². The van der Waals surface area contributed by atoms with E-state index in [-0.39, 0.29) is 17.3 Å². The number of halogens is 2. The predicted molar refractivity (Wildman–Crippen MR) is 84.3 cm³/mol. The van der Waals surface area contributed by atoms with Crippen LogP contribution in [0.15, 0.2) is 23.8 Å². The van der Waals surface area contributed by atoms with Crippen LogP contribution in [0.2, 0.25) is 0 Å². The zero-order valence-electron chi connectivity index (χ0n) is 13.7. The Bertz CT molecular complexity index is 659. The minimum atomic E-state index is -1.16. The van der Waals surface area contributed by atoms with Crippen molar-refractivity contribution in [3.63, 3.8) is 0 Å². The molecule has 5 heteroatoms. The number of hydrogen-bond acceptors (Lipinski definition) is 2. The minimum Gasteiger partial charge on any atom is -0.239 e. The highest BCUT2D eigenvalue weighted by Crippen LogP contribution is 2.70. The average molecular weight is 319 g/mol. The molecule has 2 bridgehead atoms. The molecular formula is C18H23F2N3. The largest absolute Gasteiger partial charge is 0.239 e. The topological polar surface area (TPSA) is 30.7 Å². The molecule has 1 aromatic heterocycles. The van der Waals surface area contributed by atoms with Crippen molar-refractivity contribution < 1.29 is 8.78 Å². The first-order valence-electron chi connectivity index (χ1n) is 8.65. The molecule has 3 atom stereocenters. The van der Waals surface area contributed by atoms with Crippen LogP contribution >= 0.6 is 0 Å². The summed E-state index contributed by atoms with van der Waals surface area (Å²) >= 11 is 0. The fourth-order valence-corrected chi connectivity index (χ4v) is 4.45. The van der Waals surface area contributed by atoms with Crippen LogP contribution in [0.25, 0.3) is 0 Å². The Morgan fingerprint density at radius 3 is 2.74 bits per heavy atom. The summed E-state index contributed by atoms with van der Waals surface area (Å²) in [6.07, 6.45) is 7.78. The summed E-state index contributed by atoms with van der Waals surface area (Å²) < 4.78 is 30.8. The van der Waals surface area contributed by atoms with Gasteiger partial charge < -0.3 is 0 Å². The summed E-state index contributed by atoms with van der Waals surface area (Å²) in [5.41, 5.74) is 0.800. The van der Waals surface area contributed by atoms with E-state index in [0.29, 0.717) is 18.2 Å². The van der Waals surface area contributed by atoms with E-state index >= 15 is 0 Å². The molecule has 3 saturated carbocycles. The molecule has 3 fully saturated rings. The molecule has 3 aliphatic carbocycles. The van der Waals surface area contributed by atoms with Crippen LogP contribution in [-0.2, 0) is 0 Å². The van der Waals surface area contributed by atoms with Crippen molar-refractivity contribution in [3.05, 3.63) is 35.4 Å². The third-order valence-corrected chi connectivity index (χ3v) is 5.71. The van der Waals surface area contributed by atoms with Crippen LogP contribution in [0.3, 0.4) is 0 Å². The van der Waals surface area contributed by atoms with Gasteiger partial charge in [-0.2, -0.15) is 5.10 Å². The van der Waals surface area contributed by atoms with Gasteiger partial charge in [-0.15, -0.1) is 0 Å². The van der Waals surface area contributed by atoms with Crippen molar-refractivity contribution in [1.82, 2.24) is 14.8 Å². The first-order valence-corrected chi connectivity index (χ1v) is 8.65. The lowest BCUT2D eigenvalue weighted by molar-refractivity contribution is -0.162. The summed E-state index contributed by atoms with van der Waals surface area (Å²) in [5, 5.41) is 4.40. The SMILES string of the molecule is C/C=C\C(=C/CC)[C@@H]1C[C@H](F)c2nc([C@@H](F)C34CC(C3)C4)nn21. The molecule has 0 amide bonds. The molecule has 5 rings (SSSR count). The maximum absolute atomic E-state index is 14.8.